The molecule has 98 valence electrons. The van der Waals surface area contributed by atoms with Gasteiger partial charge < -0.3 is 15.6 Å². The minimum absolute atomic E-state index is 0.0480. The average molecular weight is 256 g/mol. The number of aromatic amines is 1. The molecule has 0 spiro atoms. The molecule has 5 nitrogen and oxygen atoms in total. The van der Waals surface area contributed by atoms with Crippen LogP contribution in [0.2, 0.25) is 0 Å². The predicted molar refractivity (Wildman–Crippen MR) is 73.7 cm³/mol. The molecule has 1 aromatic carbocycles. The Morgan fingerprint density at radius 2 is 2.16 bits per heavy atom. The number of anilines is 1. The second kappa shape index (κ2) is 5.24. The maximum Gasteiger partial charge on any atom is 0.241 e. The number of imidazole rings is 1. The second-order valence-corrected chi connectivity index (χ2v) is 4.68. The first-order valence-corrected chi connectivity index (χ1v) is 6.46. The Labute approximate surface area is 111 Å². The molecule has 1 saturated heterocycles. The Balaban J connectivity index is 1.67. The van der Waals surface area contributed by atoms with Crippen LogP contribution >= 0.6 is 0 Å². The summed E-state index contributed by atoms with van der Waals surface area (Å²) in [6, 6.07) is 7.69. The van der Waals surface area contributed by atoms with Crippen molar-refractivity contribution < 1.29 is 4.79 Å². The average Bonchev–Trinajstić information content (AvgIpc) is 3.13. The van der Waals surface area contributed by atoms with E-state index in [2.05, 4.69) is 20.6 Å². The largest absolute Gasteiger partial charge is 0.345 e. The lowest BCUT2D eigenvalue weighted by atomic mass is 10.1. The van der Waals surface area contributed by atoms with E-state index in [1.165, 1.54) is 0 Å². The lowest BCUT2D eigenvalue weighted by Gasteiger charge is -2.11. The van der Waals surface area contributed by atoms with Crippen LogP contribution in [0.25, 0.3) is 11.3 Å². The highest BCUT2D eigenvalue weighted by molar-refractivity contribution is 5.95. The molecule has 0 unspecified atom stereocenters. The molecule has 0 bridgehead atoms. The molecule has 1 amide bonds. The third kappa shape index (κ3) is 2.66. The molecule has 1 fully saturated rings. The van der Waals surface area contributed by atoms with E-state index < -0.39 is 0 Å². The van der Waals surface area contributed by atoms with Crippen molar-refractivity contribution in [2.24, 2.45) is 0 Å². The van der Waals surface area contributed by atoms with Crippen LogP contribution in [0, 0.1) is 0 Å². The monoisotopic (exact) mass is 256 g/mol. The summed E-state index contributed by atoms with van der Waals surface area (Å²) in [5, 5.41) is 6.11. The van der Waals surface area contributed by atoms with Gasteiger partial charge in [-0.1, -0.05) is 12.1 Å². The number of amides is 1. The first kappa shape index (κ1) is 11.9. The molecule has 5 heteroatoms. The first-order valence-electron chi connectivity index (χ1n) is 6.46. The van der Waals surface area contributed by atoms with Gasteiger partial charge >= 0.3 is 0 Å². The van der Waals surface area contributed by atoms with Gasteiger partial charge in [-0.05, 0) is 37.1 Å². The number of carbonyl (C=O) groups is 1. The van der Waals surface area contributed by atoms with Gasteiger partial charge in [0.05, 0.1) is 24.3 Å². The fraction of sp³-hybridized carbons (Fsp3) is 0.286. The van der Waals surface area contributed by atoms with E-state index in [1.807, 2.05) is 24.3 Å². The summed E-state index contributed by atoms with van der Waals surface area (Å²) in [4.78, 5) is 19.0. The number of aromatic nitrogens is 2. The molecule has 2 heterocycles. The number of H-pyrrole nitrogens is 1. The highest BCUT2D eigenvalue weighted by Crippen LogP contribution is 2.19. The van der Waals surface area contributed by atoms with Crippen LogP contribution in [0.5, 0.6) is 0 Å². The van der Waals surface area contributed by atoms with Crippen LogP contribution in [-0.4, -0.2) is 28.5 Å². The van der Waals surface area contributed by atoms with Crippen molar-refractivity contribution in [1.82, 2.24) is 15.3 Å². The highest BCUT2D eigenvalue weighted by Gasteiger charge is 2.21. The molecule has 1 atom stereocenters. The molecule has 19 heavy (non-hydrogen) atoms. The van der Waals surface area contributed by atoms with Gasteiger partial charge in [-0.15, -0.1) is 0 Å². The molecule has 3 rings (SSSR count). The topological polar surface area (TPSA) is 69.8 Å². The summed E-state index contributed by atoms with van der Waals surface area (Å²) in [6.07, 6.45) is 5.40. The van der Waals surface area contributed by atoms with Gasteiger partial charge in [-0.3, -0.25) is 4.79 Å². The second-order valence-electron chi connectivity index (χ2n) is 4.68. The fourth-order valence-corrected chi connectivity index (χ4v) is 2.28. The summed E-state index contributed by atoms with van der Waals surface area (Å²) in [5.41, 5.74) is 2.84. The zero-order chi connectivity index (χ0) is 13.1. The number of nitrogens with zero attached hydrogens (tertiary/aromatic N) is 1. The molecule has 0 radical (unpaired) electrons. The highest BCUT2D eigenvalue weighted by atomic mass is 16.2. The molecule has 1 aliphatic heterocycles. The molecule has 0 saturated carbocycles. The predicted octanol–water partition coefficient (Wildman–Crippen LogP) is 1.77. The molecular formula is C14H16N4O. The summed E-state index contributed by atoms with van der Waals surface area (Å²) in [7, 11) is 0. The number of benzene rings is 1. The zero-order valence-electron chi connectivity index (χ0n) is 10.5. The smallest absolute Gasteiger partial charge is 0.241 e. The maximum atomic E-state index is 11.9. The van der Waals surface area contributed by atoms with E-state index in [1.54, 1.807) is 12.5 Å². The number of rotatable bonds is 3. The van der Waals surface area contributed by atoms with Gasteiger partial charge in [-0.2, -0.15) is 0 Å². The first-order chi connectivity index (χ1) is 9.33. The van der Waals surface area contributed by atoms with Crippen LogP contribution < -0.4 is 10.6 Å². The van der Waals surface area contributed by atoms with Crippen molar-refractivity contribution in [2.45, 2.75) is 18.9 Å². The zero-order valence-corrected chi connectivity index (χ0v) is 10.5. The standard InChI is InChI=1S/C14H16N4O/c19-14(12-2-1-7-16-12)18-11-5-3-10(4-6-11)13-8-15-9-17-13/h3-6,8-9,12,16H,1-2,7H2,(H,15,17)(H,18,19)/t12-/m1/s1. The van der Waals surface area contributed by atoms with Crippen molar-refractivity contribution >= 4 is 11.6 Å². The van der Waals surface area contributed by atoms with Crippen molar-refractivity contribution in [3.63, 3.8) is 0 Å². The third-order valence-corrected chi connectivity index (χ3v) is 3.34. The summed E-state index contributed by atoms with van der Waals surface area (Å²) >= 11 is 0. The molecule has 1 aliphatic rings. The van der Waals surface area contributed by atoms with Gasteiger partial charge in [0, 0.05) is 5.69 Å². The quantitative estimate of drug-likeness (QED) is 0.783. The molecule has 2 aromatic rings. The van der Waals surface area contributed by atoms with Gasteiger partial charge in [0.25, 0.3) is 0 Å². The summed E-state index contributed by atoms with van der Waals surface area (Å²) in [6.45, 7) is 0.927. The van der Waals surface area contributed by atoms with E-state index in [0.29, 0.717) is 0 Å². The van der Waals surface area contributed by atoms with Crippen LogP contribution in [0.4, 0.5) is 5.69 Å². The fourth-order valence-electron chi connectivity index (χ4n) is 2.28. The number of hydrogen-bond donors (Lipinski definition) is 3. The Bertz CT molecular complexity index is 541. The number of nitrogens with one attached hydrogen (secondary N) is 3. The minimum atomic E-state index is -0.0488. The lowest BCUT2D eigenvalue weighted by molar-refractivity contribution is -0.117. The van der Waals surface area contributed by atoms with Crippen molar-refractivity contribution in [2.75, 3.05) is 11.9 Å². The van der Waals surface area contributed by atoms with Gasteiger partial charge in [-0.25, -0.2) is 4.98 Å². The summed E-state index contributed by atoms with van der Waals surface area (Å²) < 4.78 is 0. The van der Waals surface area contributed by atoms with Crippen molar-refractivity contribution in [3.05, 3.63) is 36.8 Å². The van der Waals surface area contributed by atoms with E-state index in [4.69, 9.17) is 0 Å². The molecular weight excluding hydrogens is 240 g/mol. The van der Waals surface area contributed by atoms with Crippen LogP contribution in [0.3, 0.4) is 0 Å². The number of carbonyl (C=O) groups excluding carboxylic acids is 1. The van der Waals surface area contributed by atoms with Crippen molar-refractivity contribution in [3.8, 4) is 11.3 Å². The van der Waals surface area contributed by atoms with Crippen LogP contribution in [-0.2, 0) is 4.79 Å². The minimum Gasteiger partial charge on any atom is -0.345 e. The third-order valence-electron chi connectivity index (χ3n) is 3.34. The van der Waals surface area contributed by atoms with E-state index in [-0.39, 0.29) is 11.9 Å². The maximum absolute atomic E-state index is 11.9. The lowest BCUT2D eigenvalue weighted by Crippen LogP contribution is -2.35. The normalized spacial score (nSPS) is 18.4. The molecule has 1 aromatic heterocycles. The number of hydrogen-bond acceptors (Lipinski definition) is 3. The van der Waals surface area contributed by atoms with Gasteiger partial charge in [0.2, 0.25) is 5.91 Å². The molecule has 0 aliphatic carbocycles. The Morgan fingerprint density at radius 3 is 2.79 bits per heavy atom. The van der Waals surface area contributed by atoms with Crippen molar-refractivity contribution in [1.29, 1.82) is 0 Å². The van der Waals surface area contributed by atoms with Crippen LogP contribution in [0.15, 0.2) is 36.8 Å². The van der Waals surface area contributed by atoms with E-state index in [0.717, 1.165) is 36.3 Å². The van der Waals surface area contributed by atoms with Crippen LogP contribution in [0.1, 0.15) is 12.8 Å². The van der Waals surface area contributed by atoms with Gasteiger partial charge in [0.15, 0.2) is 0 Å². The van der Waals surface area contributed by atoms with Gasteiger partial charge in [0.1, 0.15) is 0 Å². The van der Waals surface area contributed by atoms with E-state index in [9.17, 15) is 4.79 Å². The Morgan fingerprint density at radius 1 is 1.32 bits per heavy atom. The summed E-state index contributed by atoms with van der Waals surface area (Å²) in [5.74, 6) is 0.0480. The Kier molecular flexibility index (Phi) is 3.29. The SMILES string of the molecule is O=C(Nc1ccc(-c2cnc[nH]2)cc1)[C@H]1CCCN1. The Hall–Kier alpha value is -2.14. The van der Waals surface area contributed by atoms with E-state index >= 15 is 0 Å². The molecule has 3 N–H and O–H groups in total.